The van der Waals surface area contributed by atoms with Gasteiger partial charge >= 0.3 is 0 Å². The van der Waals surface area contributed by atoms with Gasteiger partial charge in [0.25, 0.3) is 5.69 Å². The predicted octanol–water partition coefficient (Wildman–Crippen LogP) is 4.49. The lowest BCUT2D eigenvalue weighted by Gasteiger charge is -2.57. The zero-order chi connectivity index (χ0) is 15.3. The molecule has 1 aromatic carbocycles. The van der Waals surface area contributed by atoms with Crippen LogP contribution < -0.4 is 5.32 Å². The van der Waals surface area contributed by atoms with Crippen LogP contribution in [0.25, 0.3) is 0 Å². The normalized spacial score (nSPS) is 35.6. The van der Waals surface area contributed by atoms with E-state index in [0.29, 0.717) is 12.2 Å². The molecule has 1 aromatic rings. The quantitative estimate of drug-likeness (QED) is 0.658. The summed E-state index contributed by atoms with van der Waals surface area (Å²) in [5.74, 6) is 2.58. The van der Waals surface area contributed by atoms with Crippen LogP contribution in [-0.4, -0.2) is 11.5 Å². The highest BCUT2D eigenvalue weighted by molar-refractivity contribution is 5.63. The van der Waals surface area contributed by atoms with Crippen LogP contribution in [0.2, 0.25) is 0 Å². The van der Waals surface area contributed by atoms with Gasteiger partial charge in [0.15, 0.2) is 0 Å². The molecule has 22 heavy (non-hydrogen) atoms. The first-order chi connectivity index (χ1) is 10.6. The summed E-state index contributed by atoms with van der Waals surface area (Å²) in [4.78, 5) is 11.2. The molecule has 4 aliphatic carbocycles. The van der Waals surface area contributed by atoms with Crippen molar-refractivity contribution in [2.45, 2.75) is 50.9 Å². The van der Waals surface area contributed by atoms with Crippen molar-refractivity contribution < 1.29 is 4.92 Å². The Labute approximate surface area is 131 Å². The third-order valence-corrected chi connectivity index (χ3v) is 6.21. The molecule has 4 saturated carbocycles. The lowest BCUT2D eigenvalue weighted by molar-refractivity contribution is -0.384. The second-order valence-corrected chi connectivity index (χ2v) is 7.72. The van der Waals surface area contributed by atoms with E-state index in [1.807, 2.05) is 19.1 Å². The average molecular weight is 300 g/mol. The number of anilines is 1. The van der Waals surface area contributed by atoms with Gasteiger partial charge in [0.1, 0.15) is 5.69 Å². The molecule has 0 radical (unpaired) electrons. The van der Waals surface area contributed by atoms with E-state index >= 15 is 0 Å². The maximum atomic E-state index is 11.4. The molecule has 0 amide bonds. The zero-order valence-corrected chi connectivity index (χ0v) is 13.2. The van der Waals surface area contributed by atoms with Crippen LogP contribution in [0.3, 0.4) is 0 Å². The molecule has 0 aromatic heterocycles. The molecular formula is C18H24N2O2. The predicted molar refractivity (Wildman–Crippen MR) is 87.1 cm³/mol. The maximum Gasteiger partial charge on any atom is 0.292 e. The molecule has 1 N–H and O–H groups in total. The average Bonchev–Trinajstić information content (AvgIpc) is 2.46. The summed E-state index contributed by atoms with van der Waals surface area (Å²) < 4.78 is 0. The molecule has 0 atom stereocenters. The fraction of sp³-hybridized carbons (Fsp3) is 0.667. The summed E-state index contributed by atoms with van der Waals surface area (Å²) in [7, 11) is 0. The topological polar surface area (TPSA) is 55.2 Å². The van der Waals surface area contributed by atoms with E-state index in [1.165, 1.54) is 44.1 Å². The first-order valence-electron chi connectivity index (χ1n) is 8.62. The number of nitro groups is 1. The van der Waals surface area contributed by atoms with Crippen LogP contribution >= 0.6 is 0 Å². The van der Waals surface area contributed by atoms with E-state index in [-0.39, 0.29) is 16.0 Å². The summed E-state index contributed by atoms with van der Waals surface area (Å²) in [6.45, 7) is 2.67. The van der Waals surface area contributed by atoms with Crippen molar-refractivity contribution in [2.75, 3.05) is 11.9 Å². The molecule has 4 fully saturated rings. The van der Waals surface area contributed by atoms with Crippen LogP contribution in [0.5, 0.6) is 0 Å². The molecule has 0 heterocycles. The minimum atomic E-state index is -0.234. The van der Waals surface area contributed by atoms with E-state index in [9.17, 15) is 10.1 Å². The number of nitro benzene ring substituents is 1. The van der Waals surface area contributed by atoms with Crippen LogP contribution in [-0.2, 0) is 5.41 Å². The number of hydrogen-bond acceptors (Lipinski definition) is 3. The van der Waals surface area contributed by atoms with Gasteiger partial charge in [0, 0.05) is 12.6 Å². The van der Waals surface area contributed by atoms with E-state index in [1.54, 1.807) is 0 Å². The standard InChI is InChI=1S/C18H24N2O2/c1-2-19-16-4-3-15(8-17(16)20(21)22)18-9-12-5-13(10-18)7-14(6-12)11-18/h3-4,8,12-14,19H,2,5-7,9-11H2,1H3. The Hall–Kier alpha value is -1.58. The van der Waals surface area contributed by atoms with Crippen LogP contribution in [0.1, 0.15) is 51.0 Å². The molecule has 4 nitrogen and oxygen atoms in total. The number of nitrogens with zero attached hydrogens (tertiary/aromatic N) is 1. The Kier molecular flexibility index (Phi) is 3.17. The Bertz CT molecular complexity index is 576. The highest BCUT2D eigenvalue weighted by Gasteiger charge is 2.51. The Morgan fingerprint density at radius 1 is 1.18 bits per heavy atom. The monoisotopic (exact) mass is 300 g/mol. The molecule has 118 valence electrons. The van der Waals surface area contributed by atoms with Crippen molar-refractivity contribution in [3.05, 3.63) is 33.9 Å². The second kappa shape index (κ2) is 4.97. The van der Waals surface area contributed by atoms with E-state index in [2.05, 4.69) is 11.4 Å². The smallest absolute Gasteiger partial charge is 0.292 e. The fourth-order valence-corrected chi connectivity index (χ4v) is 5.82. The van der Waals surface area contributed by atoms with E-state index in [4.69, 9.17) is 0 Å². The van der Waals surface area contributed by atoms with Crippen molar-refractivity contribution in [2.24, 2.45) is 17.8 Å². The zero-order valence-electron chi connectivity index (χ0n) is 13.2. The lowest BCUT2D eigenvalue weighted by Crippen LogP contribution is -2.48. The molecule has 4 aliphatic rings. The molecule has 5 rings (SSSR count). The molecule has 0 saturated heterocycles. The van der Waals surface area contributed by atoms with Gasteiger partial charge in [0.05, 0.1) is 4.92 Å². The maximum absolute atomic E-state index is 11.4. The third kappa shape index (κ3) is 2.11. The van der Waals surface area contributed by atoms with Gasteiger partial charge in [-0.15, -0.1) is 0 Å². The lowest BCUT2D eigenvalue weighted by atomic mass is 9.48. The minimum absolute atomic E-state index is 0.226. The van der Waals surface area contributed by atoms with Crippen LogP contribution in [0, 0.1) is 27.9 Å². The molecule has 0 spiro atoms. The Morgan fingerprint density at radius 3 is 2.27 bits per heavy atom. The summed E-state index contributed by atoms with van der Waals surface area (Å²) in [6.07, 6.45) is 7.94. The highest BCUT2D eigenvalue weighted by Crippen LogP contribution is 2.61. The Balaban J connectivity index is 1.73. The van der Waals surface area contributed by atoms with Gasteiger partial charge in [-0.2, -0.15) is 0 Å². The molecule has 0 unspecified atom stereocenters. The highest BCUT2D eigenvalue weighted by atomic mass is 16.6. The SMILES string of the molecule is CCNc1ccc(C23CC4CC(CC(C4)C2)C3)cc1[N+](=O)[O-]. The van der Waals surface area contributed by atoms with Crippen molar-refractivity contribution in [1.82, 2.24) is 0 Å². The fourth-order valence-electron chi connectivity index (χ4n) is 5.82. The second-order valence-electron chi connectivity index (χ2n) is 7.72. The van der Waals surface area contributed by atoms with Gasteiger partial charge < -0.3 is 5.32 Å². The molecular weight excluding hydrogens is 276 g/mol. The summed E-state index contributed by atoms with van der Waals surface area (Å²) in [5, 5.41) is 14.6. The molecule has 4 heteroatoms. The van der Waals surface area contributed by atoms with Crippen molar-refractivity contribution in [1.29, 1.82) is 0 Å². The summed E-state index contributed by atoms with van der Waals surface area (Å²) in [6, 6.07) is 5.94. The molecule has 4 bridgehead atoms. The van der Waals surface area contributed by atoms with Crippen LogP contribution in [0.4, 0.5) is 11.4 Å². The van der Waals surface area contributed by atoms with Crippen molar-refractivity contribution in [3.8, 4) is 0 Å². The Morgan fingerprint density at radius 2 is 1.77 bits per heavy atom. The first kappa shape index (κ1) is 14.0. The third-order valence-electron chi connectivity index (χ3n) is 6.21. The van der Waals surface area contributed by atoms with Crippen LogP contribution in [0.15, 0.2) is 18.2 Å². The number of nitrogens with one attached hydrogen (secondary N) is 1. The first-order valence-corrected chi connectivity index (χ1v) is 8.62. The number of hydrogen-bond donors (Lipinski definition) is 1. The van der Waals surface area contributed by atoms with Crippen molar-refractivity contribution >= 4 is 11.4 Å². The van der Waals surface area contributed by atoms with Gasteiger partial charge in [0.2, 0.25) is 0 Å². The van der Waals surface area contributed by atoms with Crippen molar-refractivity contribution in [3.63, 3.8) is 0 Å². The van der Waals surface area contributed by atoms with E-state index in [0.717, 1.165) is 17.8 Å². The van der Waals surface area contributed by atoms with Gasteiger partial charge in [-0.1, -0.05) is 6.07 Å². The molecule has 0 aliphatic heterocycles. The van der Waals surface area contributed by atoms with Gasteiger partial charge in [-0.3, -0.25) is 10.1 Å². The number of benzene rings is 1. The summed E-state index contributed by atoms with van der Waals surface area (Å²) in [5.41, 5.74) is 2.35. The minimum Gasteiger partial charge on any atom is -0.380 e. The van der Waals surface area contributed by atoms with Gasteiger partial charge in [-0.25, -0.2) is 0 Å². The summed E-state index contributed by atoms with van der Waals surface area (Å²) >= 11 is 0. The van der Waals surface area contributed by atoms with Gasteiger partial charge in [-0.05, 0) is 80.2 Å². The largest absolute Gasteiger partial charge is 0.380 e. The van der Waals surface area contributed by atoms with E-state index < -0.39 is 0 Å². The number of rotatable bonds is 4.